The molecule has 5 rings (SSSR count). The second kappa shape index (κ2) is 6.72. The summed E-state index contributed by atoms with van der Waals surface area (Å²) in [7, 11) is 1.79. The summed E-state index contributed by atoms with van der Waals surface area (Å²) in [4.78, 5) is 22.6. The molecule has 148 valence electrons. The highest BCUT2D eigenvalue weighted by atomic mass is 19.1. The standard InChI is InChI=1S/C23H22FN3O2/c1-13(20-10-14-7-8-16(24)12-21(14)29-20)27(2)22(28)11-15-9-17(15)23-25-18-5-3-4-6-19(18)26-23/h3-8,10,12-13,15,17H,9,11H2,1-2H3,(H,25,26)/t13-,15+,17+/m1/s1. The molecule has 0 saturated heterocycles. The molecule has 1 amide bonds. The molecule has 5 nitrogen and oxygen atoms in total. The molecule has 1 saturated carbocycles. The molecule has 2 aromatic heterocycles. The van der Waals surface area contributed by atoms with Crippen molar-refractivity contribution in [1.82, 2.24) is 14.9 Å². The zero-order valence-electron chi connectivity index (χ0n) is 16.4. The summed E-state index contributed by atoms with van der Waals surface area (Å²) in [6.07, 6.45) is 1.45. The Hall–Kier alpha value is -3.15. The van der Waals surface area contributed by atoms with Crippen LogP contribution in [0.2, 0.25) is 0 Å². The van der Waals surface area contributed by atoms with E-state index in [0.29, 0.717) is 29.6 Å². The van der Waals surface area contributed by atoms with Crippen molar-refractivity contribution in [1.29, 1.82) is 0 Å². The average Bonchev–Trinajstić information content (AvgIpc) is 3.14. The van der Waals surface area contributed by atoms with E-state index < -0.39 is 0 Å². The molecule has 0 aliphatic heterocycles. The zero-order valence-corrected chi connectivity index (χ0v) is 16.4. The number of rotatable bonds is 5. The molecule has 0 radical (unpaired) electrons. The predicted octanol–water partition coefficient (Wildman–Crippen LogP) is 5.16. The summed E-state index contributed by atoms with van der Waals surface area (Å²) in [5.74, 6) is 1.99. The molecule has 0 spiro atoms. The topological polar surface area (TPSA) is 62.1 Å². The molecule has 2 heterocycles. The number of para-hydroxylation sites is 2. The minimum absolute atomic E-state index is 0.0766. The SMILES string of the molecule is C[C@H](c1cc2ccc(F)cc2o1)N(C)C(=O)C[C@@H]1C[C@@H]1c1nc2ccccc2[nH]1. The number of hydrogen-bond donors (Lipinski definition) is 1. The summed E-state index contributed by atoms with van der Waals surface area (Å²) < 4.78 is 19.2. The van der Waals surface area contributed by atoms with Gasteiger partial charge in [0.2, 0.25) is 5.91 Å². The van der Waals surface area contributed by atoms with Crippen molar-refractivity contribution in [3.05, 3.63) is 65.9 Å². The Kier molecular flexibility index (Phi) is 4.15. The minimum Gasteiger partial charge on any atom is -0.459 e. The summed E-state index contributed by atoms with van der Waals surface area (Å²) in [6, 6.07) is 14.1. The first-order valence-electron chi connectivity index (χ1n) is 9.89. The van der Waals surface area contributed by atoms with Crippen LogP contribution < -0.4 is 0 Å². The number of aromatic amines is 1. The Balaban J connectivity index is 1.25. The van der Waals surface area contributed by atoms with Crippen LogP contribution in [0.25, 0.3) is 22.0 Å². The fourth-order valence-corrected chi connectivity index (χ4v) is 3.96. The average molecular weight is 391 g/mol. The summed E-state index contributed by atoms with van der Waals surface area (Å²) in [6.45, 7) is 1.93. The first-order valence-corrected chi connectivity index (χ1v) is 9.89. The number of benzene rings is 2. The number of carbonyl (C=O) groups excluding carboxylic acids is 1. The van der Waals surface area contributed by atoms with Crippen LogP contribution in [0.4, 0.5) is 4.39 Å². The van der Waals surface area contributed by atoms with Gasteiger partial charge in [0.25, 0.3) is 0 Å². The van der Waals surface area contributed by atoms with Crippen LogP contribution in [-0.2, 0) is 4.79 Å². The Labute approximate surface area is 167 Å². The van der Waals surface area contributed by atoms with E-state index >= 15 is 0 Å². The van der Waals surface area contributed by atoms with Gasteiger partial charge in [-0.05, 0) is 49.6 Å². The Morgan fingerprint density at radius 2 is 2.14 bits per heavy atom. The number of aromatic nitrogens is 2. The second-order valence-corrected chi connectivity index (χ2v) is 7.96. The minimum atomic E-state index is -0.333. The van der Waals surface area contributed by atoms with E-state index in [4.69, 9.17) is 4.42 Å². The lowest BCUT2D eigenvalue weighted by Gasteiger charge is -2.23. The number of imidazole rings is 1. The summed E-state index contributed by atoms with van der Waals surface area (Å²) in [5.41, 5.74) is 2.50. The van der Waals surface area contributed by atoms with Crippen LogP contribution in [-0.4, -0.2) is 27.8 Å². The van der Waals surface area contributed by atoms with Crippen LogP contribution in [0.1, 0.15) is 43.3 Å². The van der Waals surface area contributed by atoms with E-state index in [9.17, 15) is 9.18 Å². The van der Waals surface area contributed by atoms with Crippen molar-refractivity contribution < 1.29 is 13.6 Å². The fourth-order valence-electron chi connectivity index (χ4n) is 3.96. The van der Waals surface area contributed by atoms with E-state index in [-0.39, 0.29) is 17.8 Å². The third kappa shape index (κ3) is 3.28. The van der Waals surface area contributed by atoms with Gasteiger partial charge in [-0.3, -0.25) is 4.79 Å². The number of H-pyrrole nitrogens is 1. The van der Waals surface area contributed by atoms with Crippen molar-refractivity contribution in [2.75, 3.05) is 7.05 Å². The van der Waals surface area contributed by atoms with E-state index in [2.05, 4.69) is 9.97 Å². The van der Waals surface area contributed by atoms with E-state index in [0.717, 1.165) is 28.7 Å². The van der Waals surface area contributed by atoms with Gasteiger partial charge in [-0.15, -0.1) is 0 Å². The van der Waals surface area contributed by atoms with Crippen LogP contribution in [0, 0.1) is 11.7 Å². The lowest BCUT2D eigenvalue weighted by Crippen LogP contribution is -2.29. The van der Waals surface area contributed by atoms with Crippen LogP contribution >= 0.6 is 0 Å². The number of halogens is 1. The van der Waals surface area contributed by atoms with Crippen molar-refractivity contribution in [3.63, 3.8) is 0 Å². The number of carbonyl (C=O) groups is 1. The van der Waals surface area contributed by atoms with Crippen molar-refractivity contribution in [2.45, 2.75) is 31.7 Å². The molecule has 0 bridgehead atoms. The highest BCUT2D eigenvalue weighted by molar-refractivity contribution is 5.80. The lowest BCUT2D eigenvalue weighted by atomic mass is 10.1. The Morgan fingerprint density at radius 1 is 1.31 bits per heavy atom. The quantitative estimate of drug-likeness (QED) is 0.511. The number of nitrogens with one attached hydrogen (secondary N) is 1. The van der Waals surface area contributed by atoms with Crippen molar-refractivity contribution >= 4 is 27.9 Å². The van der Waals surface area contributed by atoms with Gasteiger partial charge in [-0.1, -0.05) is 12.1 Å². The van der Waals surface area contributed by atoms with E-state index in [1.165, 1.54) is 12.1 Å². The molecule has 2 aromatic carbocycles. The van der Waals surface area contributed by atoms with Gasteiger partial charge in [0.1, 0.15) is 23.0 Å². The lowest BCUT2D eigenvalue weighted by molar-refractivity contribution is -0.132. The Bertz CT molecular complexity index is 1180. The first-order chi connectivity index (χ1) is 14.0. The van der Waals surface area contributed by atoms with E-state index in [1.54, 1.807) is 18.0 Å². The maximum absolute atomic E-state index is 13.4. The monoisotopic (exact) mass is 391 g/mol. The van der Waals surface area contributed by atoms with Gasteiger partial charge in [-0.2, -0.15) is 0 Å². The third-order valence-electron chi connectivity index (χ3n) is 6.01. The fraction of sp³-hybridized carbons (Fsp3) is 0.304. The van der Waals surface area contributed by atoms with Gasteiger partial charge in [0.15, 0.2) is 0 Å². The molecule has 1 aliphatic rings. The molecule has 1 aliphatic carbocycles. The van der Waals surface area contributed by atoms with Crippen molar-refractivity contribution in [2.24, 2.45) is 5.92 Å². The molecule has 6 heteroatoms. The van der Waals surface area contributed by atoms with Gasteiger partial charge < -0.3 is 14.3 Å². The predicted molar refractivity (Wildman–Crippen MR) is 109 cm³/mol. The van der Waals surface area contributed by atoms with Crippen LogP contribution in [0.3, 0.4) is 0 Å². The molecular formula is C23H22FN3O2. The second-order valence-electron chi connectivity index (χ2n) is 7.96. The van der Waals surface area contributed by atoms with Gasteiger partial charge in [-0.25, -0.2) is 9.37 Å². The number of amides is 1. The normalized spacial score (nSPS) is 19.6. The van der Waals surface area contributed by atoms with Crippen LogP contribution in [0.5, 0.6) is 0 Å². The molecule has 0 unspecified atom stereocenters. The largest absolute Gasteiger partial charge is 0.459 e. The van der Waals surface area contributed by atoms with Crippen LogP contribution in [0.15, 0.2) is 52.9 Å². The molecule has 4 aromatic rings. The highest BCUT2D eigenvalue weighted by Gasteiger charge is 2.42. The molecular weight excluding hydrogens is 369 g/mol. The molecule has 1 N–H and O–H groups in total. The molecule has 1 fully saturated rings. The summed E-state index contributed by atoms with van der Waals surface area (Å²) in [5, 5.41) is 0.834. The van der Waals surface area contributed by atoms with Gasteiger partial charge in [0.05, 0.1) is 17.1 Å². The van der Waals surface area contributed by atoms with Crippen molar-refractivity contribution in [3.8, 4) is 0 Å². The molecule has 3 atom stereocenters. The Morgan fingerprint density at radius 3 is 2.97 bits per heavy atom. The van der Waals surface area contributed by atoms with Gasteiger partial charge >= 0.3 is 0 Å². The third-order valence-corrected chi connectivity index (χ3v) is 6.01. The maximum Gasteiger partial charge on any atom is 0.223 e. The van der Waals surface area contributed by atoms with Gasteiger partial charge in [0, 0.05) is 30.8 Å². The van der Waals surface area contributed by atoms with E-state index in [1.807, 2.05) is 37.3 Å². The highest BCUT2D eigenvalue weighted by Crippen LogP contribution is 2.49. The summed E-state index contributed by atoms with van der Waals surface area (Å²) >= 11 is 0. The number of hydrogen-bond acceptors (Lipinski definition) is 3. The zero-order chi connectivity index (χ0) is 20.1. The number of nitrogens with zero attached hydrogens (tertiary/aromatic N) is 2. The maximum atomic E-state index is 13.4. The smallest absolute Gasteiger partial charge is 0.223 e. The number of fused-ring (bicyclic) bond motifs is 2. The molecule has 29 heavy (non-hydrogen) atoms. The number of furan rings is 1. The first kappa shape index (κ1) is 17.9.